The van der Waals surface area contributed by atoms with Gasteiger partial charge in [0.25, 0.3) is 5.91 Å². The number of imidazole rings is 1. The van der Waals surface area contributed by atoms with Gasteiger partial charge in [0.1, 0.15) is 5.82 Å². The number of benzene rings is 2. The number of carbonyl (C=O) groups excluding carboxylic acids is 1. The highest BCUT2D eigenvalue weighted by atomic mass is 32.2. The predicted molar refractivity (Wildman–Crippen MR) is 156 cm³/mol. The fraction of sp³-hybridized carbons (Fsp3) is 0.400. The van der Waals surface area contributed by atoms with Crippen LogP contribution in [-0.2, 0) is 22.9 Å². The molecule has 2 aliphatic rings. The summed E-state index contributed by atoms with van der Waals surface area (Å²) in [7, 11) is 1.06. The first-order chi connectivity index (χ1) is 18.6. The number of amides is 1. The Hall–Kier alpha value is -3.45. The molecule has 0 saturated carbocycles. The number of hydrogen-bond donors (Lipinski definition) is 1. The topological polar surface area (TPSA) is 96.3 Å². The van der Waals surface area contributed by atoms with Crippen molar-refractivity contribution in [3.05, 3.63) is 75.6 Å². The Balaban J connectivity index is 1.34. The molecule has 1 unspecified atom stereocenters. The summed E-state index contributed by atoms with van der Waals surface area (Å²) in [6, 6.07) is 14.0. The highest BCUT2D eigenvalue weighted by Gasteiger charge is 2.29. The molecule has 204 valence electrons. The van der Waals surface area contributed by atoms with Crippen LogP contribution >= 0.6 is 0 Å². The molecule has 2 aliphatic heterocycles. The maximum atomic E-state index is 13.7. The van der Waals surface area contributed by atoms with Crippen LogP contribution < -0.4 is 0 Å². The molecule has 3 heterocycles. The Morgan fingerprint density at radius 2 is 1.82 bits per heavy atom. The number of nitrogens with one attached hydrogen (secondary N) is 1. The minimum Gasteiger partial charge on any atom is -0.341 e. The Labute approximate surface area is 231 Å². The summed E-state index contributed by atoms with van der Waals surface area (Å²) >= 11 is 0. The Bertz CT molecular complexity index is 1540. The zero-order valence-electron chi connectivity index (χ0n) is 23.2. The van der Waals surface area contributed by atoms with Crippen molar-refractivity contribution < 1.29 is 9.00 Å². The van der Waals surface area contributed by atoms with Gasteiger partial charge in [0.05, 0.1) is 39.5 Å². The number of nitriles is 1. The number of H-pyrrole nitrogens is 1. The molecule has 2 aromatic carbocycles. The number of fused-ring (bicyclic) bond motifs is 1. The van der Waals surface area contributed by atoms with Crippen molar-refractivity contribution >= 4 is 21.7 Å². The van der Waals surface area contributed by atoms with Gasteiger partial charge >= 0.3 is 0 Å². The molecular weight excluding hydrogens is 508 g/mol. The van der Waals surface area contributed by atoms with Crippen molar-refractivity contribution in [2.45, 2.75) is 45.6 Å². The molecule has 1 atom stereocenters. The third kappa shape index (κ3) is 5.24. The normalized spacial score (nSPS) is 18.0. The van der Waals surface area contributed by atoms with Gasteiger partial charge in [-0.15, -0.1) is 0 Å². The number of aromatic nitrogens is 2. The number of piperidine rings is 1. The standard InChI is InChI=1S/C30H36N6O2S/c1-20-16-21(2)26(30(37)35-13-10-24(11-14-35)23-8-6-22(18-31)7-9-23)17-25(20)29-32-27-12-15-36(19-28(27)33-29)39(5,38)34(3)4/h6-9,16-17,24H,5,10-15,19H2,1-4H3,(H,32,33). The van der Waals surface area contributed by atoms with Crippen LogP contribution in [0.4, 0.5) is 0 Å². The lowest BCUT2D eigenvalue weighted by atomic mass is 9.88. The number of aromatic amines is 1. The van der Waals surface area contributed by atoms with Crippen molar-refractivity contribution in [3.63, 3.8) is 0 Å². The van der Waals surface area contributed by atoms with Gasteiger partial charge in [-0.25, -0.2) is 17.8 Å². The van der Waals surface area contributed by atoms with Crippen molar-refractivity contribution in [1.29, 1.82) is 5.26 Å². The summed E-state index contributed by atoms with van der Waals surface area (Å²) in [6.07, 6.45) is 2.50. The lowest BCUT2D eigenvalue weighted by Crippen LogP contribution is -2.42. The van der Waals surface area contributed by atoms with Gasteiger partial charge in [-0.1, -0.05) is 18.2 Å². The highest BCUT2D eigenvalue weighted by Crippen LogP contribution is 2.32. The Kier molecular flexibility index (Phi) is 7.38. The van der Waals surface area contributed by atoms with E-state index in [9.17, 15) is 9.00 Å². The van der Waals surface area contributed by atoms with Crippen molar-refractivity contribution in [3.8, 4) is 17.5 Å². The second kappa shape index (κ2) is 10.6. The monoisotopic (exact) mass is 544 g/mol. The fourth-order valence-electron chi connectivity index (χ4n) is 5.62. The summed E-state index contributed by atoms with van der Waals surface area (Å²) < 4.78 is 16.6. The largest absolute Gasteiger partial charge is 0.341 e. The van der Waals surface area contributed by atoms with E-state index in [4.69, 9.17) is 10.2 Å². The number of aryl methyl sites for hydroxylation is 2. The molecule has 8 nitrogen and oxygen atoms in total. The van der Waals surface area contributed by atoms with Crippen LogP contribution in [-0.4, -0.2) is 73.2 Å². The second-order valence-electron chi connectivity index (χ2n) is 10.8. The zero-order valence-corrected chi connectivity index (χ0v) is 24.0. The first-order valence-corrected chi connectivity index (χ1v) is 15.0. The Morgan fingerprint density at radius 3 is 2.46 bits per heavy atom. The van der Waals surface area contributed by atoms with Crippen LogP contribution in [0.1, 0.15) is 62.8 Å². The number of nitrogens with zero attached hydrogens (tertiary/aromatic N) is 5. The van der Waals surface area contributed by atoms with E-state index in [0.29, 0.717) is 49.6 Å². The van der Waals surface area contributed by atoms with Crippen LogP contribution in [0.2, 0.25) is 0 Å². The lowest BCUT2D eigenvalue weighted by Gasteiger charge is -2.32. The van der Waals surface area contributed by atoms with Gasteiger partial charge in [-0.3, -0.25) is 4.79 Å². The third-order valence-electron chi connectivity index (χ3n) is 8.12. The number of likely N-dealkylation sites (tertiary alicyclic amines) is 1. The van der Waals surface area contributed by atoms with Crippen molar-refractivity contribution in [2.24, 2.45) is 0 Å². The SMILES string of the molecule is C=S(=O)(N(C)C)N1CCc2nc(-c3cc(C(=O)N4CCC(c5ccc(C#N)cc5)CC4)c(C)cc3C)[nH]c2C1. The second-order valence-corrected chi connectivity index (χ2v) is 13.3. The molecule has 5 rings (SSSR count). The molecule has 0 spiro atoms. The summed E-state index contributed by atoms with van der Waals surface area (Å²) in [5.41, 5.74) is 7.47. The molecule has 1 saturated heterocycles. The van der Waals surface area contributed by atoms with E-state index in [1.165, 1.54) is 5.56 Å². The fourth-order valence-corrected chi connectivity index (χ4v) is 6.79. The van der Waals surface area contributed by atoms with E-state index in [1.807, 2.05) is 53.4 Å². The highest BCUT2D eigenvalue weighted by molar-refractivity contribution is 7.95. The quantitative estimate of drug-likeness (QED) is 0.490. The van der Waals surface area contributed by atoms with Gasteiger partial charge in [0.15, 0.2) is 0 Å². The molecule has 3 aromatic rings. The van der Waals surface area contributed by atoms with Crippen LogP contribution in [0.3, 0.4) is 0 Å². The summed E-state index contributed by atoms with van der Waals surface area (Å²) in [5, 5.41) is 9.06. The minimum atomic E-state index is -2.51. The average molecular weight is 545 g/mol. The maximum absolute atomic E-state index is 13.7. The number of rotatable bonds is 5. The van der Waals surface area contributed by atoms with Gasteiger partial charge in [0.2, 0.25) is 0 Å². The van der Waals surface area contributed by atoms with Gasteiger partial charge in [-0.2, -0.15) is 5.26 Å². The van der Waals surface area contributed by atoms with Gasteiger partial charge in [-0.05, 0) is 73.4 Å². The summed E-state index contributed by atoms with van der Waals surface area (Å²) in [6.45, 7) is 6.56. The molecule has 1 aromatic heterocycles. The van der Waals surface area contributed by atoms with Crippen LogP contribution in [0.25, 0.3) is 11.4 Å². The molecule has 9 heteroatoms. The molecule has 0 aliphatic carbocycles. The minimum absolute atomic E-state index is 0.0531. The molecule has 39 heavy (non-hydrogen) atoms. The summed E-state index contributed by atoms with van der Waals surface area (Å²) in [4.78, 5) is 24.0. The molecule has 1 fully saturated rings. The molecular formula is C30H36N6O2S. The van der Waals surface area contributed by atoms with Crippen LogP contribution in [0.5, 0.6) is 0 Å². The molecule has 0 bridgehead atoms. The Morgan fingerprint density at radius 1 is 1.13 bits per heavy atom. The van der Waals surface area contributed by atoms with Gasteiger partial charge in [0, 0.05) is 51.3 Å². The molecule has 0 radical (unpaired) electrons. The average Bonchev–Trinajstić information content (AvgIpc) is 3.36. The third-order valence-corrected chi connectivity index (χ3v) is 10.4. The van der Waals surface area contributed by atoms with Gasteiger partial charge < -0.3 is 9.88 Å². The first-order valence-electron chi connectivity index (χ1n) is 13.4. The van der Waals surface area contributed by atoms with E-state index in [-0.39, 0.29) is 5.91 Å². The summed E-state index contributed by atoms with van der Waals surface area (Å²) in [5.74, 6) is 5.14. The van der Waals surface area contributed by atoms with E-state index in [0.717, 1.165) is 46.7 Å². The molecule has 1 amide bonds. The number of carbonyl (C=O) groups is 1. The lowest BCUT2D eigenvalue weighted by molar-refractivity contribution is 0.0712. The van der Waals surface area contributed by atoms with E-state index < -0.39 is 9.89 Å². The predicted octanol–water partition coefficient (Wildman–Crippen LogP) is 4.05. The zero-order chi connectivity index (χ0) is 27.9. The number of hydrogen-bond acceptors (Lipinski definition) is 4. The van der Waals surface area contributed by atoms with E-state index >= 15 is 0 Å². The van der Waals surface area contributed by atoms with E-state index in [2.05, 4.69) is 23.0 Å². The van der Waals surface area contributed by atoms with Crippen LogP contribution in [0.15, 0.2) is 36.4 Å². The van der Waals surface area contributed by atoms with E-state index in [1.54, 1.807) is 18.4 Å². The van der Waals surface area contributed by atoms with Crippen molar-refractivity contribution in [2.75, 3.05) is 33.7 Å². The molecule has 1 N–H and O–H groups in total. The first kappa shape index (κ1) is 27.1. The maximum Gasteiger partial charge on any atom is 0.254 e. The van der Waals surface area contributed by atoms with Crippen LogP contribution in [0, 0.1) is 25.2 Å². The van der Waals surface area contributed by atoms with Crippen molar-refractivity contribution in [1.82, 2.24) is 23.5 Å². The smallest absolute Gasteiger partial charge is 0.254 e.